The summed E-state index contributed by atoms with van der Waals surface area (Å²) in [5, 5.41) is 10.1. The Morgan fingerprint density at radius 1 is 1.12 bits per heavy atom. The number of halogens is 3. The summed E-state index contributed by atoms with van der Waals surface area (Å²) < 4.78 is 6.84. The van der Waals surface area contributed by atoms with Crippen LogP contribution >= 0.6 is 47.8 Å². The van der Waals surface area contributed by atoms with Crippen molar-refractivity contribution in [1.82, 2.24) is 0 Å². The molecule has 0 radical (unpaired) electrons. The van der Waals surface area contributed by atoms with Gasteiger partial charge < -0.3 is 14.6 Å². The molecule has 0 unspecified atom stereocenters. The van der Waals surface area contributed by atoms with Crippen molar-refractivity contribution in [2.75, 3.05) is 0 Å². The van der Waals surface area contributed by atoms with E-state index in [1.54, 1.807) is 12.1 Å². The zero-order valence-corrected chi connectivity index (χ0v) is 12.8. The predicted molar refractivity (Wildman–Crippen MR) is 69.3 cm³/mol. The van der Waals surface area contributed by atoms with Crippen molar-refractivity contribution in [2.24, 2.45) is 0 Å². The van der Waals surface area contributed by atoms with Crippen molar-refractivity contribution < 1.29 is 19.4 Å². The Balaban J connectivity index is 2.89. The van der Waals surface area contributed by atoms with Gasteiger partial charge in [-0.1, -0.05) is 15.9 Å². The van der Waals surface area contributed by atoms with E-state index in [1.165, 1.54) is 0 Å². The van der Waals surface area contributed by atoms with Crippen LogP contribution in [0.3, 0.4) is 0 Å². The smallest absolute Gasteiger partial charge is 0.336 e. The Morgan fingerprint density at radius 2 is 1.65 bits per heavy atom. The molecule has 0 bridgehead atoms. The first kappa shape index (κ1) is 14.4. The lowest BCUT2D eigenvalue weighted by atomic mass is 10.3. The number of ether oxygens (including phenoxy) is 1. The van der Waals surface area contributed by atoms with Crippen LogP contribution in [0.1, 0.15) is 0 Å². The first-order valence-corrected chi connectivity index (χ1v) is 6.53. The van der Waals surface area contributed by atoms with E-state index in [4.69, 9.17) is 4.74 Å². The summed E-state index contributed by atoms with van der Waals surface area (Å²) in [5.74, 6) is -2.00. The molecule has 1 aromatic rings. The van der Waals surface area contributed by atoms with Gasteiger partial charge in [-0.15, -0.1) is 0 Å². The van der Waals surface area contributed by atoms with Crippen LogP contribution in [-0.4, -0.2) is 11.9 Å². The second kappa shape index (κ2) is 6.32. The molecule has 7 heteroatoms. The molecule has 0 spiro atoms. The van der Waals surface area contributed by atoms with Gasteiger partial charge in [0.2, 0.25) is 0 Å². The second-order valence-corrected chi connectivity index (χ2v) is 5.40. The standard InChI is InChI=1S/C10H5Br3O4/c11-5-3-6(12)10(7(13)4-5)17-9(16)2-1-8(14)15/h1-4H,(H,14,15)/p-1/b2-1+. The van der Waals surface area contributed by atoms with Crippen molar-refractivity contribution in [3.63, 3.8) is 0 Å². The summed E-state index contributed by atoms with van der Waals surface area (Å²) in [6.45, 7) is 0. The topological polar surface area (TPSA) is 66.4 Å². The number of carbonyl (C=O) groups excluding carboxylic acids is 2. The van der Waals surface area contributed by atoms with E-state index in [0.717, 1.165) is 10.5 Å². The third-order valence-corrected chi connectivity index (χ3v) is 3.16. The van der Waals surface area contributed by atoms with Gasteiger partial charge in [0.05, 0.1) is 14.9 Å². The fraction of sp³-hybridized carbons (Fsp3) is 0. The normalized spacial score (nSPS) is 10.5. The summed E-state index contributed by atoms with van der Waals surface area (Å²) in [6.07, 6.45) is 1.37. The van der Waals surface area contributed by atoms with Gasteiger partial charge in [0, 0.05) is 10.5 Å². The number of rotatable bonds is 3. The molecule has 0 heterocycles. The Bertz CT molecular complexity index is 473. The minimum absolute atomic E-state index is 0.265. The average molecular weight is 428 g/mol. The Kier molecular flexibility index (Phi) is 5.35. The highest BCUT2D eigenvalue weighted by Crippen LogP contribution is 2.36. The highest BCUT2D eigenvalue weighted by molar-refractivity contribution is 9.11. The number of esters is 1. The fourth-order valence-corrected chi connectivity index (χ4v) is 3.32. The summed E-state index contributed by atoms with van der Waals surface area (Å²) in [6, 6.07) is 3.38. The highest BCUT2D eigenvalue weighted by Gasteiger charge is 2.11. The quantitative estimate of drug-likeness (QED) is 0.421. The van der Waals surface area contributed by atoms with Gasteiger partial charge in [0.25, 0.3) is 0 Å². The van der Waals surface area contributed by atoms with Crippen molar-refractivity contribution in [3.05, 3.63) is 37.7 Å². The van der Waals surface area contributed by atoms with Crippen molar-refractivity contribution in [3.8, 4) is 5.75 Å². The number of carboxylic acid groups (broad SMARTS) is 1. The molecule has 0 atom stereocenters. The minimum Gasteiger partial charge on any atom is -0.545 e. The van der Waals surface area contributed by atoms with E-state index in [1.807, 2.05) is 0 Å². The van der Waals surface area contributed by atoms with Gasteiger partial charge >= 0.3 is 5.97 Å². The van der Waals surface area contributed by atoms with Crippen LogP contribution in [-0.2, 0) is 9.59 Å². The number of benzene rings is 1. The predicted octanol–water partition coefficient (Wildman–Crippen LogP) is 2.19. The molecule has 0 fully saturated rings. The van der Waals surface area contributed by atoms with E-state index in [2.05, 4.69) is 47.8 Å². The van der Waals surface area contributed by atoms with Gasteiger partial charge in [0.1, 0.15) is 0 Å². The number of carboxylic acids is 1. The van der Waals surface area contributed by atoms with Gasteiger partial charge in [-0.05, 0) is 50.1 Å². The van der Waals surface area contributed by atoms with Crippen LogP contribution in [0.25, 0.3) is 0 Å². The van der Waals surface area contributed by atoms with Crippen LogP contribution < -0.4 is 9.84 Å². The minimum atomic E-state index is -1.46. The van der Waals surface area contributed by atoms with Crippen LogP contribution in [0.2, 0.25) is 0 Å². The van der Waals surface area contributed by atoms with E-state index >= 15 is 0 Å². The van der Waals surface area contributed by atoms with Crippen LogP contribution in [0.4, 0.5) is 0 Å². The Hall–Kier alpha value is -0.660. The maximum Gasteiger partial charge on any atom is 0.336 e. The van der Waals surface area contributed by atoms with Crippen molar-refractivity contribution >= 4 is 59.7 Å². The lowest BCUT2D eigenvalue weighted by Crippen LogP contribution is -2.19. The summed E-state index contributed by atoms with van der Waals surface area (Å²) >= 11 is 9.70. The molecule has 1 rings (SSSR count). The molecule has 0 saturated heterocycles. The molecule has 1 aromatic carbocycles. The van der Waals surface area contributed by atoms with Crippen LogP contribution in [0.5, 0.6) is 5.75 Å². The third kappa shape index (κ3) is 4.61. The molecular formula is C10H4Br3O4-. The second-order valence-electron chi connectivity index (χ2n) is 2.77. The fourth-order valence-electron chi connectivity index (χ4n) is 0.897. The van der Waals surface area contributed by atoms with Gasteiger partial charge in [0.15, 0.2) is 5.75 Å². The number of carbonyl (C=O) groups is 2. The third-order valence-electron chi connectivity index (χ3n) is 1.52. The summed E-state index contributed by atoms with van der Waals surface area (Å²) in [5.41, 5.74) is 0. The molecule has 0 aromatic heterocycles. The van der Waals surface area contributed by atoms with Crippen molar-refractivity contribution in [2.45, 2.75) is 0 Å². The molecule has 0 aliphatic rings. The molecule has 17 heavy (non-hydrogen) atoms. The Labute approximate surface area is 122 Å². The van der Waals surface area contributed by atoms with Crippen molar-refractivity contribution in [1.29, 1.82) is 0 Å². The van der Waals surface area contributed by atoms with Gasteiger partial charge in [-0.3, -0.25) is 0 Å². The SMILES string of the molecule is O=C([O-])/C=C/C(=O)Oc1c(Br)cc(Br)cc1Br. The molecular weight excluding hydrogens is 424 g/mol. The molecule has 0 N–H and O–H groups in total. The highest BCUT2D eigenvalue weighted by atomic mass is 79.9. The number of hydrogen-bond acceptors (Lipinski definition) is 4. The zero-order chi connectivity index (χ0) is 13.0. The maximum absolute atomic E-state index is 11.3. The molecule has 0 saturated carbocycles. The summed E-state index contributed by atoms with van der Waals surface area (Å²) in [7, 11) is 0. The van der Waals surface area contributed by atoms with E-state index < -0.39 is 11.9 Å². The number of aliphatic carboxylic acids is 1. The lowest BCUT2D eigenvalue weighted by molar-refractivity contribution is -0.297. The molecule has 0 amide bonds. The van der Waals surface area contributed by atoms with E-state index in [0.29, 0.717) is 15.0 Å². The van der Waals surface area contributed by atoms with E-state index in [9.17, 15) is 14.7 Å². The largest absolute Gasteiger partial charge is 0.545 e. The van der Waals surface area contributed by atoms with Gasteiger partial charge in [-0.2, -0.15) is 0 Å². The lowest BCUT2D eigenvalue weighted by Gasteiger charge is -2.07. The number of hydrogen-bond donors (Lipinski definition) is 0. The van der Waals surface area contributed by atoms with Crippen LogP contribution in [0.15, 0.2) is 37.7 Å². The maximum atomic E-state index is 11.3. The molecule has 4 nitrogen and oxygen atoms in total. The average Bonchev–Trinajstić information content (AvgIpc) is 2.20. The molecule has 0 aliphatic carbocycles. The zero-order valence-electron chi connectivity index (χ0n) is 8.08. The molecule has 90 valence electrons. The monoisotopic (exact) mass is 425 g/mol. The van der Waals surface area contributed by atoms with Crippen LogP contribution in [0, 0.1) is 0 Å². The first-order valence-electron chi connectivity index (χ1n) is 4.15. The van der Waals surface area contributed by atoms with E-state index in [-0.39, 0.29) is 5.75 Å². The van der Waals surface area contributed by atoms with Gasteiger partial charge in [-0.25, -0.2) is 4.79 Å². The molecule has 0 aliphatic heterocycles. The summed E-state index contributed by atoms with van der Waals surface area (Å²) in [4.78, 5) is 21.4. The first-order chi connectivity index (χ1) is 7.90. The Morgan fingerprint density at radius 3 is 2.12 bits per heavy atom.